The van der Waals surface area contributed by atoms with Crippen LogP contribution in [-0.4, -0.2) is 6.54 Å². The molecule has 0 spiro atoms. The Kier molecular flexibility index (Phi) is 13.3. The fourth-order valence-electron chi connectivity index (χ4n) is 2.28. The molecule has 0 fully saturated rings. The number of benzene rings is 2. The van der Waals surface area contributed by atoms with Crippen LogP contribution in [-0.2, 0) is 0 Å². The van der Waals surface area contributed by atoms with Crippen molar-refractivity contribution in [1.82, 2.24) is 4.72 Å². The predicted molar refractivity (Wildman–Crippen MR) is 125 cm³/mol. The van der Waals surface area contributed by atoms with E-state index in [1.807, 2.05) is 63.3 Å². The van der Waals surface area contributed by atoms with Crippen molar-refractivity contribution in [2.75, 3.05) is 6.54 Å². The summed E-state index contributed by atoms with van der Waals surface area (Å²) in [4.78, 5) is 1.13. The van der Waals surface area contributed by atoms with E-state index in [2.05, 4.69) is 17.4 Å². The van der Waals surface area contributed by atoms with Gasteiger partial charge in [0.15, 0.2) is 0 Å². The van der Waals surface area contributed by atoms with Crippen molar-refractivity contribution in [2.24, 2.45) is 0 Å². The summed E-state index contributed by atoms with van der Waals surface area (Å²) in [5.74, 6) is 1.09. The van der Waals surface area contributed by atoms with Crippen LogP contribution in [0.25, 0.3) is 0 Å². The average Bonchev–Trinajstić information content (AvgIpc) is 2.75. The zero-order chi connectivity index (χ0) is 21.3. The number of allylic oxidation sites excluding steroid dienone is 5. The van der Waals surface area contributed by atoms with E-state index in [-0.39, 0.29) is 5.82 Å². The number of ether oxygens (including phenoxy) is 1. The largest absolute Gasteiger partial charge is 0.457 e. The van der Waals surface area contributed by atoms with Crippen LogP contribution in [0.2, 0.25) is 0 Å². The first-order chi connectivity index (χ1) is 14.2. The third-order valence-electron chi connectivity index (χ3n) is 3.73. The molecule has 0 amide bonds. The van der Waals surface area contributed by atoms with Crippen LogP contribution in [0.4, 0.5) is 4.39 Å². The molecule has 2 aromatic rings. The Balaban J connectivity index is 0.00000204. The van der Waals surface area contributed by atoms with Crippen LogP contribution >= 0.6 is 11.9 Å². The lowest BCUT2D eigenvalue weighted by molar-refractivity contribution is 0.480. The number of rotatable bonds is 11. The maximum Gasteiger partial charge on any atom is 0.127 e. The van der Waals surface area contributed by atoms with Crippen molar-refractivity contribution in [2.45, 2.75) is 44.9 Å². The van der Waals surface area contributed by atoms with E-state index < -0.39 is 0 Å². The zero-order valence-corrected chi connectivity index (χ0v) is 18.5. The minimum Gasteiger partial charge on any atom is -0.457 e. The van der Waals surface area contributed by atoms with Gasteiger partial charge in [0.25, 0.3) is 0 Å². The van der Waals surface area contributed by atoms with Crippen LogP contribution < -0.4 is 9.46 Å². The molecule has 1 N–H and O–H groups in total. The van der Waals surface area contributed by atoms with E-state index >= 15 is 0 Å². The predicted octanol–water partition coefficient (Wildman–Crippen LogP) is 8.10. The standard InChI is InChI=1S/C23H26FNOS.C2H6/c1-3-4-5-8-19(2)9-6-7-18-25-27-23-16-14-22(15-17-23)26-21-12-10-20(24)11-13-21;1-2/h3-5,8,10-17,25H,2,6-7,9,18H2,1H3;1-2H3/b4-3-,8-5-;. The van der Waals surface area contributed by atoms with Gasteiger partial charge in [-0.05, 0) is 86.7 Å². The molecule has 0 aliphatic heterocycles. The lowest BCUT2D eigenvalue weighted by atomic mass is 10.1. The molecule has 0 aromatic heterocycles. The van der Waals surface area contributed by atoms with Gasteiger partial charge in [-0.15, -0.1) is 0 Å². The average molecular weight is 414 g/mol. The van der Waals surface area contributed by atoms with E-state index in [1.165, 1.54) is 12.1 Å². The molecule has 2 rings (SSSR count). The van der Waals surface area contributed by atoms with Crippen LogP contribution in [0.3, 0.4) is 0 Å². The molecule has 2 aromatic carbocycles. The smallest absolute Gasteiger partial charge is 0.127 e. The normalized spacial score (nSPS) is 10.8. The fourth-order valence-corrected chi connectivity index (χ4v) is 2.97. The number of hydrogen-bond donors (Lipinski definition) is 1. The Labute approximate surface area is 179 Å². The Morgan fingerprint density at radius 2 is 1.62 bits per heavy atom. The van der Waals surface area contributed by atoms with E-state index in [0.717, 1.165) is 42.0 Å². The van der Waals surface area contributed by atoms with E-state index in [0.29, 0.717) is 5.75 Å². The number of nitrogens with one attached hydrogen (secondary N) is 1. The summed E-state index contributed by atoms with van der Waals surface area (Å²) >= 11 is 1.61. The molecule has 4 heteroatoms. The molecule has 0 aliphatic carbocycles. The molecule has 2 nitrogen and oxygen atoms in total. The van der Waals surface area contributed by atoms with Gasteiger partial charge in [-0.25, -0.2) is 4.39 Å². The number of halogens is 1. The summed E-state index contributed by atoms with van der Waals surface area (Å²) in [7, 11) is 0. The van der Waals surface area contributed by atoms with Gasteiger partial charge in [-0.3, -0.25) is 4.72 Å². The highest BCUT2D eigenvalue weighted by Crippen LogP contribution is 2.24. The van der Waals surface area contributed by atoms with Crippen LogP contribution in [0, 0.1) is 5.82 Å². The number of unbranched alkanes of at least 4 members (excludes halogenated alkanes) is 1. The van der Waals surface area contributed by atoms with Gasteiger partial charge in [-0.1, -0.05) is 50.3 Å². The third kappa shape index (κ3) is 11.3. The maximum absolute atomic E-state index is 12.9. The zero-order valence-electron chi connectivity index (χ0n) is 17.7. The molecule has 0 atom stereocenters. The van der Waals surface area contributed by atoms with Crippen LogP contribution in [0.1, 0.15) is 40.0 Å². The highest BCUT2D eigenvalue weighted by molar-refractivity contribution is 7.97. The van der Waals surface area contributed by atoms with Gasteiger partial charge in [0.05, 0.1) is 0 Å². The first kappa shape index (κ1) is 24.7. The lowest BCUT2D eigenvalue weighted by Crippen LogP contribution is -2.05. The first-order valence-corrected chi connectivity index (χ1v) is 10.9. The van der Waals surface area contributed by atoms with E-state index in [4.69, 9.17) is 4.74 Å². The van der Waals surface area contributed by atoms with Crippen molar-refractivity contribution in [3.63, 3.8) is 0 Å². The van der Waals surface area contributed by atoms with Crippen molar-refractivity contribution < 1.29 is 9.13 Å². The Bertz CT molecular complexity index is 751. The first-order valence-electron chi connectivity index (χ1n) is 10.1. The third-order valence-corrected chi connectivity index (χ3v) is 4.58. The van der Waals surface area contributed by atoms with Gasteiger partial charge in [0.2, 0.25) is 0 Å². The second-order valence-corrected chi connectivity index (χ2v) is 6.99. The quantitative estimate of drug-likeness (QED) is 0.228. The van der Waals surface area contributed by atoms with E-state index in [9.17, 15) is 4.39 Å². The Morgan fingerprint density at radius 1 is 1.00 bits per heavy atom. The summed E-state index contributed by atoms with van der Waals surface area (Å²) in [6, 6.07) is 13.8. The van der Waals surface area contributed by atoms with Crippen molar-refractivity contribution in [1.29, 1.82) is 0 Å². The summed E-state index contributed by atoms with van der Waals surface area (Å²) in [5, 5.41) is 0. The van der Waals surface area contributed by atoms with Gasteiger partial charge in [0, 0.05) is 11.4 Å². The molecule has 29 heavy (non-hydrogen) atoms. The number of hydrogen-bond acceptors (Lipinski definition) is 3. The van der Waals surface area contributed by atoms with Gasteiger partial charge < -0.3 is 4.74 Å². The molecular formula is C25H32FNOS. The summed E-state index contributed by atoms with van der Waals surface area (Å²) in [6.45, 7) is 11.0. The second-order valence-electron chi connectivity index (χ2n) is 6.02. The Hall–Kier alpha value is -2.30. The molecule has 0 aliphatic rings. The van der Waals surface area contributed by atoms with Crippen molar-refractivity contribution in [3.8, 4) is 11.5 Å². The summed E-state index contributed by atoms with van der Waals surface area (Å²) in [6.07, 6.45) is 11.4. The van der Waals surface area contributed by atoms with Crippen LogP contribution in [0.15, 0.2) is 89.9 Å². The maximum atomic E-state index is 12.9. The fraction of sp³-hybridized carbons (Fsp3) is 0.280. The molecule has 0 bridgehead atoms. The van der Waals surface area contributed by atoms with E-state index in [1.54, 1.807) is 24.1 Å². The molecule has 0 unspecified atom stereocenters. The molecule has 0 saturated carbocycles. The minimum atomic E-state index is -0.269. The van der Waals surface area contributed by atoms with Gasteiger partial charge >= 0.3 is 0 Å². The highest BCUT2D eigenvalue weighted by atomic mass is 32.2. The molecule has 156 valence electrons. The van der Waals surface area contributed by atoms with Crippen LogP contribution in [0.5, 0.6) is 11.5 Å². The topological polar surface area (TPSA) is 21.3 Å². The summed E-state index contributed by atoms with van der Waals surface area (Å²) in [5.41, 5.74) is 1.16. The van der Waals surface area contributed by atoms with Gasteiger partial charge in [0.1, 0.15) is 17.3 Å². The lowest BCUT2D eigenvalue weighted by Gasteiger charge is -2.07. The Morgan fingerprint density at radius 3 is 2.24 bits per heavy atom. The summed E-state index contributed by atoms with van der Waals surface area (Å²) < 4.78 is 22.0. The molecule has 0 saturated heterocycles. The van der Waals surface area contributed by atoms with Crippen molar-refractivity contribution in [3.05, 3.63) is 90.8 Å². The molecular weight excluding hydrogens is 381 g/mol. The van der Waals surface area contributed by atoms with Gasteiger partial charge in [-0.2, -0.15) is 0 Å². The monoisotopic (exact) mass is 413 g/mol. The second kappa shape index (κ2) is 15.6. The molecule has 0 radical (unpaired) electrons. The van der Waals surface area contributed by atoms with Crippen molar-refractivity contribution >= 4 is 11.9 Å². The SMILES string of the molecule is C=C(/C=C\C=C/C)CCCCNSc1ccc(Oc2ccc(F)cc2)cc1.CC. The highest BCUT2D eigenvalue weighted by Gasteiger charge is 1.99. The molecule has 0 heterocycles. The minimum absolute atomic E-state index is 0.269.